The van der Waals surface area contributed by atoms with Gasteiger partial charge in [0.1, 0.15) is 11.8 Å². The third-order valence-corrected chi connectivity index (χ3v) is 4.99. The lowest BCUT2D eigenvalue weighted by molar-refractivity contribution is -0.134. The molecule has 1 saturated carbocycles. The van der Waals surface area contributed by atoms with Crippen LogP contribution in [0.4, 0.5) is 0 Å². The highest BCUT2D eigenvalue weighted by molar-refractivity contribution is 5.90. The molecule has 2 fully saturated rings. The summed E-state index contributed by atoms with van der Waals surface area (Å²) in [7, 11) is 1.63. The highest BCUT2D eigenvalue weighted by Gasteiger charge is 2.35. The molecular weight excluding hydrogens is 306 g/mol. The van der Waals surface area contributed by atoms with Crippen LogP contribution >= 0.6 is 0 Å². The van der Waals surface area contributed by atoms with Gasteiger partial charge in [-0.2, -0.15) is 0 Å². The number of hydrogen-bond acceptors (Lipinski definition) is 4. The zero-order chi connectivity index (χ0) is 17.1. The lowest BCUT2D eigenvalue weighted by atomic mass is 10.1. The van der Waals surface area contributed by atoms with Crippen LogP contribution in [-0.2, 0) is 16.1 Å². The minimum Gasteiger partial charge on any atom is -0.497 e. The van der Waals surface area contributed by atoms with Crippen molar-refractivity contribution in [3.8, 4) is 5.75 Å². The summed E-state index contributed by atoms with van der Waals surface area (Å²) in [6, 6.07) is 7.41. The fourth-order valence-electron chi connectivity index (χ4n) is 3.53. The Bertz CT molecular complexity index is 602. The number of carbonyl (C=O) groups is 2. The second-order valence-electron chi connectivity index (χ2n) is 6.73. The molecule has 1 aliphatic heterocycles. The number of rotatable bonds is 5. The molecule has 6 nitrogen and oxygen atoms in total. The smallest absolute Gasteiger partial charge is 0.245 e. The number of nitrogens with two attached hydrogens (primary N) is 1. The van der Waals surface area contributed by atoms with Crippen LogP contribution in [0.2, 0.25) is 0 Å². The van der Waals surface area contributed by atoms with E-state index in [9.17, 15) is 9.59 Å². The average Bonchev–Trinajstić information content (AvgIpc) is 3.16. The second kappa shape index (κ2) is 7.21. The van der Waals surface area contributed by atoms with Crippen LogP contribution in [0.15, 0.2) is 24.3 Å². The lowest BCUT2D eigenvalue weighted by Crippen LogP contribution is -2.43. The molecule has 1 saturated heterocycles. The van der Waals surface area contributed by atoms with Crippen LogP contribution in [0.25, 0.3) is 0 Å². The van der Waals surface area contributed by atoms with Gasteiger partial charge in [-0.05, 0) is 43.4 Å². The summed E-state index contributed by atoms with van der Waals surface area (Å²) >= 11 is 0. The Morgan fingerprint density at radius 3 is 2.67 bits per heavy atom. The molecule has 0 spiro atoms. The number of benzene rings is 1. The number of nitrogens with zero attached hydrogens (tertiary/aromatic N) is 1. The molecule has 0 bridgehead atoms. The van der Waals surface area contributed by atoms with Crippen molar-refractivity contribution in [1.82, 2.24) is 10.2 Å². The molecule has 24 heavy (non-hydrogen) atoms. The summed E-state index contributed by atoms with van der Waals surface area (Å²) in [6.45, 7) is 1.23. The van der Waals surface area contributed by atoms with Crippen LogP contribution in [-0.4, -0.2) is 42.5 Å². The number of nitrogens with one attached hydrogen (secondary N) is 1. The summed E-state index contributed by atoms with van der Waals surface area (Å²) in [4.78, 5) is 26.6. The highest BCUT2D eigenvalue weighted by atomic mass is 16.5. The van der Waals surface area contributed by atoms with E-state index in [1.165, 1.54) is 0 Å². The molecule has 3 rings (SSSR count). The highest BCUT2D eigenvalue weighted by Crippen LogP contribution is 2.25. The largest absolute Gasteiger partial charge is 0.497 e. The van der Waals surface area contributed by atoms with Gasteiger partial charge < -0.3 is 20.7 Å². The van der Waals surface area contributed by atoms with Crippen molar-refractivity contribution in [2.45, 2.75) is 44.3 Å². The maximum absolute atomic E-state index is 12.5. The predicted octanol–water partition coefficient (Wildman–Crippen LogP) is 1.04. The number of amides is 2. The van der Waals surface area contributed by atoms with Crippen molar-refractivity contribution < 1.29 is 14.3 Å². The van der Waals surface area contributed by atoms with Crippen molar-refractivity contribution in [2.24, 2.45) is 11.7 Å². The third-order valence-electron chi connectivity index (χ3n) is 4.99. The van der Waals surface area contributed by atoms with Crippen molar-refractivity contribution in [2.75, 3.05) is 13.7 Å². The van der Waals surface area contributed by atoms with Crippen LogP contribution in [0.3, 0.4) is 0 Å². The molecule has 1 aliphatic carbocycles. The first-order chi connectivity index (χ1) is 11.6. The molecule has 1 aromatic carbocycles. The number of carbonyl (C=O) groups excluding carboxylic acids is 2. The topological polar surface area (TPSA) is 84.7 Å². The van der Waals surface area contributed by atoms with Crippen LogP contribution in [0, 0.1) is 5.92 Å². The van der Waals surface area contributed by atoms with Gasteiger partial charge >= 0.3 is 0 Å². The summed E-state index contributed by atoms with van der Waals surface area (Å²) in [5, 5.41) is 2.92. The molecule has 2 aliphatic rings. The fourth-order valence-corrected chi connectivity index (χ4v) is 3.53. The van der Waals surface area contributed by atoms with E-state index in [1.54, 1.807) is 12.0 Å². The summed E-state index contributed by atoms with van der Waals surface area (Å²) in [5.41, 5.74) is 6.92. The molecule has 1 aromatic rings. The van der Waals surface area contributed by atoms with Crippen molar-refractivity contribution in [3.63, 3.8) is 0 Å². The van der Waals surface area contributed by atoms with Crippen molar-refractivity contribution >= 4 is 11.8 Å². The molecule has 3 N–H and O–H groups in total. The molecule has 3 atom stereocenters. The van der Waals surface area contributed by atoms with Crippen molar-refractivity contribution in [3.05, 3.63) is 29.8 Å². The maximum atomic E-state index is 12.5. The molecule has 0 aromatic heterocycles. The summed E-state index contributed by atoms with van der Waals surface area (Å²) in [5.74, 6) is 0.740. The number of methoxy groups -OCH3 is 1. The van der Waals surface area contributed by atoms with E-state index in [1.807, 2.05) is 24.3 Å². The summed E-state index contributed by atoms with van der Waals surface area (Å²) in [6.07, 6.45) is 3.10. The van der Waals surface area contributed by atoms with Crippen LogP contribution < -0.4 is 15.8 Å². The Morgan fingerprint density at radius 2 is 2.04 bits per heavy atom. The zero-order valence-electron chi connectivity index (χ0n) is 14.0. The Balaban J connectivity index is 1.53. The van der Waals surface area contributed by atoms with Gasteiger partial charge in [0, 0.05) is 25.0 Å². The fraction of sp³-hybridized carbons (Fsp3) is 0.556. The standard InChI is InChI=1S/C18H25N3O3/c1-24-15-6-2-12(3-7-15)11-21-9-8-16(18(21)23)20-17(22)13-4-5-14(19)10-13/h2-3,6-7,13-14,16H,4-5,8-11,19H2,1H3,(H,20,22). The molecule has 130 valence electrons. The molecule has 3 unspecified atom stereocenters. The van der Waals surface area contributed by atoms with Gasteiger partial charge in [0.15, 0.2) is 0 Å². The number of hydrogen-bond donors (Lipinski definition) is 2. The maximum Gasteiger partial charge on any atom is 0.245 e. The van der Waals surface area contributed by atoms with E-state index in [2.05, 4.69) is 5.32 Å². The van der Waals surface area contributed by atoms with Gasteiger partial charge in [-0.1, -0.05) is 12.1 Å². The molecule has 2 amide bonds. The van der Waals surface area contributed by atoms with E-state index in [0.717, 1.165) is 30.6 Å². The minimum atomic E-state index is -0.396. The monoisotopic (exact) mass is 331 g/mol. The zero-order valence-corrected chi connectivity index (χ0v) is 14.0. The first kappa shape index (κ1) is 16.8. The Hall–Kier alpha value is -2.08. The number of likely N-dealkylation sites (tertiary alicyclic amines) is 1. The lowest BCUT2D eigenvalue weighted by Gasteiger charge is -2.18. The van der Waals surface area contributed by atoms with Gasteiger partial charge in [0.05, 0.1) is 7.11 Å². The number of ether oxygens (including phenoxy) is 1. The van der Waals surface area contributed by atoms with Crippen molar-refractivity contribution in [1.29, 1.82) is 0 Å². The molecule has 1 heterocycles. The van der Waals surface area contributed by atoms with Gasteiger partial charge in [-0.25, -0.2) is 0 Å². The van der Waals surface area contributed by atoms with E-state index in [-0.39, 0.29) is 23.8 Å². The van der Waals surface area contributed by atoms with E-state index in [0.29, 0.717) is 19.5 Å². The first-order valence-corrected chi connectivity index (χ1v) is 8.54. The van der Waals surface area contributed by atoms with Gasteiger partial charge in [-0.3, -0.25) is 9.59 Å². The summed E-state index contributed by atoms with van der Waals surface area (Å²) < 4.78 is 5.14. The quantitative estimate of drug-likeness (QED) is 0.844. The Labute approximate surface area is 142 Å². The van der Waals surface area contributed by atoms with Crippen LogP contribution in [0.5, 0.6) is 5.75 Å². The van der Waals surface area contributed by atoms with Gasteiger partial charge in [0.25, 0.3) is 0 Å². The Kier molecular flexibility index (Phi) is 5.04. The first-order valence-electron chi connectivity index (χ1n) is 8.54. The second-order valence-corrected chi connectivity index (χ2v) is 6.73. The van der Waals surface area contributed by atoms with Gasteiger partial charge in [-0.15, -0.1) is 0 Å². The normalized spacial score (nSPS) is 26.7. The van der Waals surface area contributed by atoms with Gasteiger partial charge in [0.2, 0.25) is 11.8 Å². The minimum absolute atomic E-state index is 0.00136. The predicted molar refractivity (Wildman–Crippen MR) is 90.3 cm³/mol. The van der Waals surface area contributed by atoms with E-state index in [4.69, 9.17) is 10.5 Å². The average molecular weight is 331 g/mol. The van der Waals surface area contributed by atoms with E-state index >= 15 is 0 Å². The molecule has 6 heteroatoms. The Morgan fingerprint density at radius 1 is 1.29 bits per heavy atom. The van der Waals surface area contributed by atoms with Crippen LogP contribution in [0.1, 0.15) is 31.2 Å². The SMILES string of the molecule is COc1ccc(CN2CCC(NC(=O)C3CCC(N)C3)C2=O)cc1. The third kappa shape index (κ3) is 3.70. The molecular formula is C18H25N3O3. The molecule has 0 radical (unpaired) electrons. The van der Waals surface area contributed by atoms with E-state index < -0.39 is 6.04 Å².